The van der Waals surface area contributed by atoms with Crippen molar-refractivity contribution in [3.05, 3.63) is 28.8 Å². The van der Waals surface area contributed by atoms with Crippen molar-refractivity contribution in [1.29, 1.82) is 0 Å². The van der Waals surface area contributed by atoms with E-state index in [-0.39, 0.29) is 0 Å². The van der Waals surface area contributed by atoms with E-state index in [1.54, 1.807) is 19.6 Å². The van der Waals surface area contributed by atoms with Crippen molar-refractivity contribution in [2.45, 2.75) is 20.0 Å². The van der Waals surface area contributed by atoms with E-state index < -0.39 is 0 Å². The lowest BCUT2D eigenvalue weighted by Gasteiger charge is -2.11. The van der Waals surface area contributed by atoms with Gasteiger partial charge < -0.3 is 14.5 Å². The molecule has 1 N–H and O–H groups in total. The molecule has 0 bridgehead atoms. The van der Waals surface area contributed by atoms with Gasteiger partial charge in [-0.1, -0.05) is 6.92 Å². The number of methoxy groups -OCH3 is 1. The highest BCUT2D eigenvalue weighted by atomic mass is 79.9. The number of aromatic nitrogens is 2. The van der Waals surface area contributed by atoms with Gasteiger partial charge in [0.2, 0.25) is 0 Å². The molecule has 0 fully saturated rings. The highest BCUT2D eigenvalue weighted by Gasteiger charge is 2.13. The molecule has 5 nitrogen and oxygen atoms in total. The monoisotopic (exact) mass is 325 g/mol. The largest absolute Gasteiger partial charge is 0.472 e. The maximum Gasteiger partial charge on any atom is 0.165 e. The molecular formula is C13H16BrN3O2. The van der Waals surface area contributed by atoms with Gasteiger partial charge in [-0.2, -0.15) is 0 Å². The predicted octanol–water partition coefficient (Wildman–Crippen LogP) is 3.47. The van der Waals surface area contributed by atoms with E-state index in [4.69, 9.17) is 9.15 Å². The third-order valence-electron chi connectivity index (χ3n) is 2.52. The van der Waals surface area contributed by atoms with E-state index >= 15 is 0 Å². The minimum atomic E-state index is 0.425. The van der Waals surface area contributed by atoms with E-state index in [0.717, 1.165) is 34.5 Å². The maximum absolute atomic E-state index is 5.17. The number of rotatable bonds is 6. The van der Waals surface area contributed by atoms with E-state index in [1.165, 1.54) is 0 Å². The van der Waals surface area contributed by atoms with Gasteiger partial charge in [-0.15, -0.1) is 0 Å². The zero-order valence-corrected chi connectivity index (χ0v) is 12.5. The van der Waals surface area contributed by atoms with E-state index in [1.807, 2.05) is 6.07 Å². The first kappa shape index (κ1) is 14.0. The van der Waals surface area contributed by atoms with Crippen LogP contribution in [0.2, 0.25) is 0 Å². The zero-order valence-electron chi connectivity index (χ0n) is 10.9. The molecule has 0 unspecified atom stereocenters. The Hall–Kier alpha value is -1.40. The number of halogens is 1. The van der Waals surface area contributed by atoms with Gasteiger partial charge in [0.15, 0.2) is 5.82 Å². The van der Waals surface area contributed by atoms with Crippen molar-refractivity contribution in [2.24, 2.45) is 0 Å². The predicted molar refractivity (Wildman–Crippen MR) is 76.9 cm³/mol. The van der Waals surface area contributed by atoms with Gasteiger partial charge >= 0.3 is 0 Å². The summed E-state index contributed by atoms with van der Waals surface area (Å²) in [6, 6.07) is 1.84. The summed E-state index contributed by atoms with van der Waals surface area (Å²) in [5, 5.41) is 3.28. The fraction of sp³-hybridized carbons (Fsp3) is 0.385. The van der Waals surface area contributed by atoms with Crippen LogP contribution in [-0.2, 0) is 11.3 Å². The van der Waals surface area contributed by atoms with Crippen molar-refractivity contribution >= 4 is 21.7 Å². The van der Waals surface area contributed by atoms with E-state index in [9.17, 15) is 0 Å². The number of hydrogen-bond donors (Lipinski definition) is 1. The van der Waals surface area contributed by atoms with Gasteiger partial charge in [0, 0.05) is 13.7 Å². The van der Waals surface area contributed by atoms with Crippen LogP contribution in [0.15, 0.2) is 27.5 Å². The highest BCUT2D eigenvalue weighted by Crippen LogP contribution is 2.27. The molecule has 2 rings (SSSR count). The standard InChI is InChI=1S/C13H16BrN3O2/c1-3-5-15-13-11(14)10(8-18-2)16-12(17-13)9-4-6-19-7-9/h4,6-7H,3,5,8H2,1-2H3,(H,15,16,17). The molecule has 6 heteroatoms. The lowest BCUT2D eigenvalue weighted by molar-refractivity contribution is 0.181. The molecule has 0 saturated carbocycles. The topological polar surface area (TPSA) is 60.2 Å². The SMILES string of the molecule is CCCNc1nc(-c2ccoc2)nc(COC)c1Br. The van der Waals surface area contributed by atoms with Gasteiger partial charge in [-0.05, 0) is 28.4 Å². The summed E-state index contributed by atoms with van der Waals surface area (Å²) in [4.78, 5) is 9.00. The van der Waals surface area contributed by atoms with Crippen molar-refractivity contribution in [3.63, 3.8) is 0 Å². The normalized spacial score (nSPS) is 10.7. The summed E-state index contributed by atoms with van der Waals surface area (Å²) in [5.74, 6) is 1.41. The molecule has 0 radical (unpaired) electrons. The van der Waals surface area contributed by atoms with Gasteiger partial charge in [-0.3, -0.25) is 0 Å². The average Bonchev–Trinajstić information content (AvgIpc) is 2.94. The molecule has 2 aromatic heterocycles. The Morgan fingerprint density at radius 2 is 2.26 bits per heavy atom. The van der Waals surface area contributed by atoms with Crippen LogP contribution >= 0.6 is 15.9 Å². The van der Waals surface area contributed by atoms with Crippen molar-refractivity contribution in [3.8, 4) is 11.4 Å². The molecule has 0 saturated heterocycles. The Bertz CT molecular complexity index is 529. The highest BCUT2D eigenvalue weighted by molar-refractivity contribution is 9.10. The average molecular weight is 326 g/mol. The van der Waals surface area contributed by atoms with Crippen LogP contribution in [-0.4, -0.2) is 23.6 Å². The molecule has 2 aromatic rings. The first-order valence-electron chi connectivity index (χ1n) is 6.08. The fourth-order valence-electron chi connectivity index (χ4n) is 1.61. The zero-order chi connectivity index (χ0) is 13.7. The van der Waals surface area contributed by atoms with Crippen molar-refractivity contribution in [1.82, 2.24) is 9.97 Å². The molecular weight excluding hydrogens is 310 g/mol. The Kier molecular flexibility index (Phi) is 4.93. The maximum atomic E-state index is 5.17. The first-order valence-corrected chi connectivity index (χ1v) is 6.87. The van der Waals surface area contributed by atoms with Crippen molar-refractivity contribution < 1.29 is 9.15 Å². The molecule has 0 amide bonds. The lowest BCUT2D eigenvalue weighted by Crippen LogP contribution is -2.07. The Morgan fingerprint density at radius 3 is 2.89 bits per heavy atom. The van der Waals surface area contributed by atoms with Crippen LogP contribution in [0.5, 0.6) is 0 Å². The molecule has 0 aliphatic heterocycles. The third-order valence-corrected chi connectivity index (χ3v) is 3.36. The van der Waals surface area contributed by atoms with Crippen LogP contribution in [0.3, 0.4) is 0 Å². The number of ether oxygens (including phenoxy) is 1. The number of anilines is 1. The summed E-state index contributed by atoms with van der Waals surface area (Å²) in [6.07, 6.45) is 4.26. The summed E-state index contributed by atoms with van der Waals surface area (Å²) in [6.45, 7) is 3.39. The molecule has 0 aromatic carbocycles. The summed E-state index contributed by atoms with van der Waals surface area (Å²) >= 11 is 3.52. The number of nitrogens with zero attached hydrogens (tertiary/aromatic N) is 2. The molecule has 0 aliphatic carbocycles. The quantitative estimate of drug-likeness (QED) is 0.881. The van der Waals surface area contributed by atoms with E-state index in [0.29, 0.717) is 12.4 Å². The Labute approximate surface area is 120 Å². The molecule has 19 heavy (non-hydrogen) atoms. The smallest absolute Gasteiger partial charge is 0.165 e. The first-order chi connectivity index (χ1) is 9.26. The van der Waals surface area contributed by atoms with E-state index in [2.05, 4.69) is 38.1 Å². The molecule has 0 spiro atoms. The second-order valence-electron chi connectivity index (χ2n) is 4.03. The van der Waals surface area contributed by atoms with Crippen LogP contribution < -0.4 is 5.32 Å². The second-order valence-corrected chi connectivity index (χ2v) is 4.82. The second kappa shape index (κ2) is 6.68. The fourth-order valence-corrected chi connectivity index (χ4v) is 2.04. The minimum absolute atomic E-state index is 0.425. The number of nitrogens with one attached hydrogen (secondary N) is 1. The Morgan fingerprint density at radius 1 is 1.42 bits per heavy atom. The van der Waals surface area contributed by atoms with Gasteiger partial charge in [-0.25, -0.2) is 9.97 Å². The Balaban J connectivity index is 2.41. The van der Waals surface area contributed by atoms with Crippen LogP contribution in [0.4, 0.5) is 5.82 Å². The summed E-state index contributed by atoms with van der Waals surface area (Å²) in [7, 11) is 1.64. The third kappa shape index (κ3) is 3.33. The molecule has 2 heterocycles. The molecule has 0 aliphatic rings. The number of hydrogen-bond acceptors (Lipinski definition) is 5. The number of furan rings is 1. The van der Waals surface area contributed by atoms with Crippen molar-refractivity contribution in [2.75, 3.05) is 19.0 Å². The molecule has 0 atom stereocenters. The van der Waals surface area contributed by atoms with Gasteiger partial charge in [0.05, 0.1) is 28.6 Å². The summed E-state index contributed by atoms with van der Waals surface area (Å²) in [5.41, 5.74) is 1.66. The summed E-state index contributed by atoms with van der Waals surface area (Å²) < 4.78 is 11.1. The van der Waals surface area contributed by atoms with Crippen LogP contribution in [0.25, 0.3) is 11.4 Å². The molecule has 102 valence electrons. The van der Waals surface area contributed by atoms with Crippen LogP contribution in [0, 0.1) is 0 Å². The van der Waals surface area contributed by atoms with Gasteiger partial charge in [0.1, 0.15) is 12.1 Å². The van der Waals surface area contributed by atoms with Crippen LogP contribution in [0.1, 0.15) is 19.0 Å². The van der Waals surface area contributed by atoms with Gasteiger partial charge in [0.25, 0.3) is 0 Å². The minimum Gasteiger partial charge on any atom is -0.472 e. The lowest BCUT2D eigenvalue weighted by atomic mass is 10.3.